The van der Waals surface area contributed by atoms with Crippen molar-refractivity contribution < 1.29 is 24.2 Å². The molecule has 2 aliphatic rings. The van der Waals surface area contributed by atoms with E-state index in [2.05, 4.69) is 0 Å². The first-order valence-corrected chi connectivity index (χ1v) is 8.00. The molecule has 126 valence electrons. The SMILES string of the molecule is CC=C(C)C(=O)OC1CCC2CC(C(C)=O)=CC2(C)C1C(=O)O. The van der Waals surface area contributed by atoms with Crippen LogP contribution in [0.25, 0.3) is 0 Å². The van der Waals surface area contributed by atoms with Gasteiger partial charge in [0.05, 0.1) is 0 Å². The van der Waals surface area contributed by atoms with Crippen LogP contribution >= 0.6 is 0 Å². The highest BCUT2D eigenvalue weighted by atomic mass is 16.5. The van der Waals surface area contributed by atoms with Crippen LogP contribution in [0.5, 0.6) is 0 Å². The van der Waals surface area contributed by atoms with Crippen LogP contribution in [-0.4, -0.2) is 28.9 Å². The lowest BCUT2D eigenvalue weighted by Crippen LogP contribution is -2.49. The zero-order valence-corrected chi connectivity index (χ0v) is 14.1. The van der Waals surface area contributed by atoms with Gasteiger partial charge in [-0.05, 0) is 51.5 Å². The molecule has 4 unspecified atom stereocenters. The number of aliphatic carboxylic acids is 1. The monoisotopic (exact) mass is 320 g/mol. The Labute approximate surface area is 136 Å². The lowest BCUT2D eigenvalue weighted by atomic mass is 9.61. The first-order chi connectivity index (χ1) is 10.7. The Morgan fingerprint density at radius 3 is 2.48 bits per heavy atom. The summed E-state index contributed by atoms with van der Waals surface area (Å²) in [6, 6.07) is 0. The molecule has 1 saturated carbocycles. The molecule has 0 heterocycles. The number of esters is 1. The van der Waals surface area contributed by atoms with Crippen LogP contribution in [0.2, 0.25) is 0 Å². The smallest absolute Gasteiger partial charge is 0.333 e. The number of allylic oxidation sites excluding steroid dienone is 3. The van der Waals surface area contributed by atoms with E-state index in [0.717, 1.165) is 6.42 Å². The van der Waals surface area contributed by atoms with Crippen LogP contribution in [0, 0.1) is 17.3 Å². The van der Waals surface area contributed by atoms with Crippen molar-refractivity contribution in [3.63, 3.8) is 0 Å². The Morgan fingerprint density at radius 2 is 1.96 bits per heavy atom. The van der Waals surface area contributed by atoms with E-state index in [0.29, 0.717) is 24.0 Å². The molecule has 2 aliphatic carbocycles. The number of ether oxygens (including phenoxy) is 1. The first kappa shape index (κ1) is 17.4. The highest BCUT2D eigenvalue weighted by molar-refractivity contribution is 5.94. The molecular weight excluding hydrogens is 296 g/mol. The number of carboxylic acids is 1. The fourth-order valence-electron chi connectivity index (χ4n) is 3.87. The summed E-state index contributed by atoms with van der Waals surface area (Å²) >= 11 is 0. The van der Waals surface area contributed by atoms with Gasteiger partial charge in [0.2, 0.25) is 0 Å². The van der Waals surface area contributed by atoms with E-state index in [1.54, 1.807) is 26.0 Å². The van der Waals surface area contributed by atoms with Gasteiger partial charge < -0.3 is 9.84 Å². The van der Waals surface area contributed by atoms with Crippen molar-refractivity contribution in [3.05, 3.63) is 23.3 Å². The van der Waals surface area contributed by atoms with Gasteiger partial charge in [-0.3, -0.25) is 9.59 Å². The van der Waals surface area contributed by atoms with Crippen molar-refractivity contribution in [1.29, 1.82) is 0 Å². The van der Waals surface area contributed by atoms with Crippen molar-refractivity contribution in [2.24, 2.45) is 17.3 Å². The Bertz CT molecular complexity index is 601. The predicted octanol–water partition coefficient (Wildman–Crippen LogP) is 2.90. The number of carbonyl (C=O) groups excluding carboxylic acids is 2. The van der Waals surface area contributed by atoms with Gasteiger partial charge in [0, 0.05) is 11.0 Å². The van der Waals surface area contributed by atoms with E-state index in [1.165, 1.54) is 6.92 Å². The summed E-state index contributed by atoms with van der Waals surface area (Å²) in [4.78, 5) is 35.6. The molecule has 5 heteroatoms. The Hall–Kier alpha value is -1.91. The molecule has 0 bridgehead atoms. The van der Waals surface area contributed by atoms with Crippen LogP contribution in [-0.2, 0) is 19.1 Å². The zero-order chi connectivity index (χ0) is 17.4. The summed E-state index contributed by atoms with van der Waals surface area (Å²) in [5.41, 5.74) is 0.507. The fourth-order valence-corrected chi connectivity index (χ4v) is 3.87. The third kappa shape index (κ3) is 3.09. The second-order valence-electron chi connectivity index (χ2n) is 6.80. The lowest BCUT2D eigenvalue weighted by molar-refractivity contribution is -0.167. The average Bonchev–Trinajstić information content (AvgIpc) is 2.82. The second-order valence-corrected chi connectivity index (χ2v) is 6.80. The lowest BCUT2D eigenvalue weighted by Gasteiger charge is -2.44. The number of rotatable bonds is 4. The largest absolute Gasteiger partial charge is 0.481 e. The first-order valence-electron chi connectivity index (χ1n) is 8.00. The predicted molar refractivity (Wildman–Crippen MR) is 84.6 cm³/mol. The number of hydrogen-bond acceptors (Lipinski definition) is 4. The number of Topliss-reactive ketones (excluding diaryl/α,β-unsaturated/α-hetero) is 1. The van der Waals surface area contributed by atoms with Crippen molar-refractivity contribution in [3.8, 4) is 0 Å². The van der Waals surface area contributed by atoms with E-state index in [4.69, 9.17) is 4.74 Å². The molecular formula is C18H24O5. The fraction of sp³-hybridized carbons (Fsp3) is 0.611. The summed E-state index contributed by atoms with van der Waals surface area (Å²) in [5, 5.41) is 9.73. The zero-order valence-electron chi connectivity index (χ0n) is 14.1. The molecule has 0 aromatic heterocycles. The topological polar surface area (TPSA) is 80.7 Å². The number of hydrogen-bond donors (Lipinski definition) is 1. The Balaban J connectivity index is 2.32. The molecule has 0 spiro atoms. The molecule has 0 radical (unpaired) electrons. The van der Waals surface area contributed by atoms with Crippen molar-refractivity contribution in [2.75, 3.05) is 0 Å². The minimum atomic E-state index is -0.978. The van der Waals surface area contributed by atoms with Crippen LogP contribution in [0.4, 0.5) is 0 Å². The molecule has 1 fully saturated rings. The van der Waals surface area contributed by atoms with Crippen LogP contribution < -0.4 is 0 Å². The van der Waals surface area contributed by atoms with Gasteiger partial charge in [-0.15, -0.1) is 0 Å². The molecule has 0 saturated heterocycles. The van der Waals surface area contributed by atoms with Gasteiger partial charge in [-0.2, -0.15) is 0 Å². The average molecular weight is 320 g/mol. The molecule has 2 rings (SSSR count). The summed E-state index contributed by atoms with van der Waals surface area (Å²) in [6.45, 7) is 6.77. The Kier molecular flexibility index (Phi) is 4.78. The number of fused-ring (bicyclic) bond motifs is 1. The maximum Gasteiger partial charge on any atom is 0.333 e. The van der Waals surface area contributed by atoms with Gasteiger partial charge in [0.1, 0.15) is 12.0 Å². The van der Waals surface area contributed by atoms with E-state index in [-0.39, 0.29) is 11.7 Å². The summed E-state index contributed by atoms with van der Waals surface area (Å²) in [5.74, 6) is -2.18. The van der Waals surface area contributed by atoms with Crippen molar-refractivity contribution >= 4 is 17.7 Å². The number of carbonyl (C=O) groups is 3. The van der Waals surface area contributed by atoms with Gasteiger partial charge in [-0.25, -0.2) is 4.79 Å². The van der Waals surface area contributed by atoms with Gasteiger partial charge in [0.25, 0.3) is 0 Å². The van der Waals surface area contributed by atoms with Crippen molar-refractivity contribution in [1.82, 2.24) is 0 Å². The third-order valence-electron chi connectivity index (χ3n) is 5.40. The maximum atomic E-state index is 12.0. The molecule has 0 aliphatic heterocycles. The normalized spacial score (nSPS) is 33.7. The van der Waals surface area contributed by atoms with Gasteiger partial charge in [-0.1, -0.05) is 19.1 Å². The summed E-state index contributed by atoms with van der Waals surface area (Å²) in [6.07, 6.45) is 4.67. The van der Waals surface area contributed by atoms with E-state index < -0.39 is 29.4 Å². The molecule has 5 nitrogen and oxygen atoms in total. The summed E-state index contributed by atoms with van der Waals surface area (Å²) < 4.78 is 5.48. The van der Waals surface area contributed by atoms with Crippen molar-refractivity contribution in [2.45, 2.75) is 53.1 Å². The molecule has 4 atom stereocenters. The maximum absolute atomic E-state index is 12.0. The highest BCUT2D eigenvalue weighted by Crippen LogP contribution is 2.54. The van der Waals surface area contributed by atoms with Crippen LogP contribution in [0.3, 0.4) is 0 Å². The molecule has 23 heavy (non-hydrogen) atoms. The minimum absolute atomic E-state index is 0.0110. The highest BCUT2D eigenvalue weighted by Gasteiger charge is 2.55. The molecule has 0 aromatic carbocycles. The second kappa shape index (κ2) is 6.30. The molecule has 1 N–H and O–H groups in total. The van der Waals surface area contributed by atoms with Gasteiger partial charge in [0.15, 0.2) is 5.78 Å². The molecule has 0 aromatic rings. The third-order valence-corrected chi connectivity index (χ3v) is 5.40. The number of carboxylic acid groups (broad SMARTS) is 1. The van der Waals surface area contributed by atoms with Crippen LogP contribution in [0.1, 0.15) is 47.0 Å². The molecule has 0 amide bonds. The van der Waals surface area contributed by atoms with E-state index in [1.807, 2.05) is 6.92 Å². The number of ketones is 1. The Morgan fingerprint density at radius 1 is 1.30 bits per heavy atom. The quantitative estimate of drug-likeness (QED) is 0.636. The van der Waals surface area contributed by atoms with E-state index >= 15 is 0 Å². The minimum Gasteiger partial charge on any atom is -0.481 e. The van der Waals surface area contributed by atoms with Gasteiger partial charge >= 0.3 is 11.9 Å². The van der Waals surface area contributed by atoms with E-state index in [9.17, 15) is 19.5 Å². The van der Waals surface area contributed by atoms with Crippen LogP contribution in [0.15, 0.2) is 23.3 Å². The summed E-state index contributed by atoms with van der Waals surface area (Å²) in [7, 11) is 0. The standard InChI is InChI=1S/C18H24O5/c1-5-10(2)17(22)23-14-7-6-13-8-12(11(3)19)9-18(13,4)15(14)16(20)21/h5,9,13-15H,6-8H2,1-4H3,(H,20,21).